The molecular formula is C10H17N2. The lowest BCUT2D eigenvalue weighted by molar-refractivity contribution is 0.654. The molecule has 12 heavy (non-hydrogen) atoms. The first-order valence-corrected chi connectivity index (χ1v) is 4.61. The Morgan fingerprint density at radius 3 is 2.58 bits per heavy atom. The molecule has 0 aliphatic rings. The summed E-state index contributed by atoms with van der Waals surface area (Å²) in [4.78, 5) is 4.27. The van der Waals surface area contributed by atoms with Gasteiger partial charge in [-0.15, -0.1) is 0 Å². The topological polar surface area (TPSA) is 17.8 Å². The molecule has 0 fully saturated rings. The number of aromatic nitrogens is 2. The summed E-state index contributed by atoms with van der Waals surface area (Å²) in [7, 11) is 0. The van der Waals surface area contributed by atoms with Crippen LogP contribution in [0.15, 0.2) is 0 Å². The van der Waals surface area contributed by atoms with Crippen LogP contribution in [0.25, 0.3) is 0 Å². The molecule has 0 atom stereocenters. The van der Waals surface area contributed by atoms with Gasteiger partial charge in [0.05, 0.1) is 5.69 Å². The second-order valence-corrected chi connectivity index (χ2v) is 3.49. The van der Waals surface area contributed by atoms with Gasteiger partial charge in [-0.25, -0.2) is 4.98 Å². The molecule has 1 aromatic rings. The molecule has 1 heterocycles. The number of hydrogen-bond acceptors (Lipinski definition) is 1. The maximum atomic E-state index is 4.27. The van der Waals surface area contributed by atoms with Gasteiger partial charge in [-0.05, 0) is 19.3 Å². The molecule has 0 aliphatic carbocycles. The van der Waals surface area contributed by atoms with Crippen LogP contribution in [0, 0.1) is 13.3 Å². The maximum Gasteiger partial charge on any atom is 0.176 e. The molecule has 0 spiro atoms. The van der Waals surface area contributed by atoms with Gasteiger partial charge in [0.1, 0.15) is 0 Å². The van der Waals surface area contributed by atoms with Crippen LogP contribution in [0.5, 0.6) is 0 Å². The van der Waals surface area contributed by atoms with Crippen molar-refractivity contribution < 1.29 is 0 Å². The van der Waals surface area contributed by atoms with Gasteiger partial charge >= 0.3 is 0 Å². The van der Waals surface area contributed by atoms with Gasteiger partial charge in [0, 0.05) is 12.2 Å². The fourth-order valence-electron chi connectivity index (χ4n) is 1.40. The van der Waals surface area contributed by atoms with Crippen LogP contribution in [0.2, 0.25) is 0 Å². The van der Waals surface area contributed by atoms with Gasteiger partial charge in [0.15, 0.2) is 6.33 Å². The van der Waals surface area contributed by atoms with Crippen molar-refractivity contribution >= 4 is 0 Å². The van der Waals surface area contributed by atoms with E-state index in [1.165, 1.54) is 11.4 Å². The highest BCUT2D eigenvalue weighted by molar-refractivity contribution is 5.14. The van der Waals surface area contributed by atoms with E-state index in [0.717, 1.165) is 13.0 Å². The summed E-state index contributed by atoms with van der Waals surface area (Å²) >= 11 is 0. The van der Waals surface area contributed by atoms with E-state index in [1.54, 1.807) is 0 Å². The van der Waals surface area contributed by atoms with Crippen LogP contribution in [-0.2, 0) is 6.54 Å². The lowest BCUT2D eigenvalue weighted by Gasteiger charge is -2.04. The van der Waals surface area contributed by atoms with Crippen molar-refractivity contribution in [3.8, 4) is 0 Å². The number of nitrogens with zero attached hydrogens (tertiary/aromatic N) is 2. The summed E-state index contributed by atoms with van der Waals surface area (Å²) in [5, 5.41) is 0. The molecule has 2 nitrogen and oxygen atoms in total. The van der Waals surface area contributed by atoms with Crippen LogP contribution in [0.1, 0.15) is 44.5 Å². The van der Waals surface area contributed by atoms with Crippen LogP contribution in [0.4, 0.5) is 0 Å². The number of hydrogen-bond donors (Lipinski definition) is 0. The number of rotatable bonds is 3. The fraction of sp³-hybridized carbons (Fsp3) is 0.700. The average Bonchev–Trinajstić information content (AvgIpc) is 2.34. The molecule has 1 rings (SSSR count). The Labute approximate surface area is 74.6 Å². The molecule has 1 aromatic heterocycles. The summed E-state index contributed by atoms with van der Waals surface area (Å²) in [6.45, 7) is 9.65. The number of aryl methyl sites for hydroxylation is 1. The minimum absolute atomic E-state index is 0.513. The quantitative estimate of drug-likeness (QED) is 0.673. The molecule has 0 saturated heterocycles. The molecule has 67 valence electrons. The molecule has 2 heteroatoms. The van der Waals surface area contributed by atoms with Crippen molar-refractivity contribution in [2.75, 3.05) is 0 Å². The average molecular weight is 165 g/mol. The predicted molar refractivity (Wildman–Crippen MR) is 50.2 cm³/mol. The van der Waals surface area contributed by atoms with Gasteiger partial charge < -0.3 is 4.57 Å². The van der Waals surface area contributed by atoms with Gasteiger partial charge in [0.2, 0.25) is 0 Å². The van der Waals surface area contributed by atoms with Crippen molar-refractivity contribution in [2.45, 2.75) is 46.6 Å². The Morgan fingerprint density at radius 1 is 1.50 bits per heavy atom. The lowest BCUT2D eigenvalue weighted by Crippen LogP contribution is -1.99. The Morgan fingerprint density at radius 2 is 2.17 bits per heavy atom. The Bertz CT molecular complexity index is 248. The molecule has 0 aliphatic heterocycles. The summed E-state index contributed by atoms with van der Waals surface area (Å²) < 4.78 is 2.11. The standard InChI is InChI=1S/C10H17N2/c1-5-6-12-7-11-10(8(2)3)9(12)4/h8H,5-6H2,1-4H3. The summed E-state index contributed by atoms with van der Waals surface area (Å²) in [6, 6.07) is 0. The van der Waals surface area contributed by atoms with Gasteiger partial charge in [0.25, 0.3) is 0 Å². The molecule has 0 saturated carbocycles. The third-order valence-electron chi connectivity index (χ3n) is 2.06. The van der Waals surface area contributed by atoms with Crippen LogP contribution < -0.4 is 0 Å². The second kappa shape index (κ2) is 3.74. The first-order valence-electron chi connectivity index (χ1n) is 4.61. The number of imidazole rings is 1. The van der Waals surface area contributed by atoms with Crippen LogP contribution >= 0.6 is 0 Å². The van der Waals surface area contributed by atoms with Crippen LogP contribution in [-0.4, -0.2) is 9.55 Å². The minimum atomic E-state index is 0.513. The van der Waals surface area contributed by atoms with Crippen LogP contribution in [0.3, 0.4) is 0 Å². The Balaban J connectivity index is 2.88. The molecular weight excluding hydrogens is 148 g/mol. The highest BCUT2D eigenvalue weighted by Gasteiger charge is 2.09. The van der Waals surface area contributed by atoms with E-state index < -0.39 is 0 Å². The molecule has 0 bridgehead atoms. The zero-order valence-corrected chi connectivity index (χ0v) is 8.39. The van der Waals surface area contributed by atoms with E-state index in [4.69, 9.17) is 0 Å². The zero-order valence-electron chi connectivity index (χ0n) is 8.39. The monoisotopic (exact) mass is 165 g/mol. The predicted octanol–water partition coefficient (Wildman–Crippen LogP) is 2.53. The summed E-state index contributed by atoms with van der Waals surface area (Å²) in [5.41, 5.74) is 2.45. The van der Waals surface area contributed by atoms with E-state index in [1.807, 2.05) is 0 Å². The van der Waals surface area contributed by atoms with Crippen molar-refractivity contribution in [2.24, 2.45) is 0 Å². The smallest absolute Gasteiger partial charge is 0.176 e. The first kappa shape index (κ1) is 9.30. The highest BCUT2D eigenvalue weighted by Crippen LogP contribution is 2.16. The Hall–Kier alpha value is -0.790. The third kappa shape index (κ3) is 1.68. The minimum Gasteiger partial charge on any atom is -0.326 e. The van der Waals surface area contributed by atoms with Gasteiger partial charge in [-0.1, -0.05) is 20.8 Å². The first-order chi connectivity index (χ1) is 5.66. The van der Waals surface area contributed by atoms with E-state index in [0.29, 0.717) is 5.92 Å². The fourth-order valence-corrected chi connectivity index (χ4v) is 1.40. The van der Waals surface area contributed by atoms with E-state index in [-0.39, 0.29) is 0 Å². The van der Waals surface area contributed by atoms with Crippen molar-refractivity contribution in [1.29, 1.82) is 0 Å². The molecule has 0 aromatic carbocycles. The van der Waals surface area contributed by atoms with Crippen molar-refractivity contribution in [3.05, 3.63) is 17.7 Å². The maximum absolute atomic E-state index is 4.27. The highest BCUT2D eigenvalue weighted by atomic mass is 15.0. The van der Waals surface area contributed by atoms with Gasteiger partial charge in [-0.2, -0.15) is 0 Å². The molecule has 0 amide bonds. The van der Waals surface area contributed by atoms with E-state index in [9.17, 15) is 0 Å². The van der Waals surface area contributed by atoms with E-state index >= 15 is 0 Å². The molecule has 0 N–H and O–H groups in total. The van der Waals surface area contributed by atoms with Crippen molar-refractivity contribution in [1.82, 2.24) is 9.55 Å². The largest absolute Gasteiger partial charge is 0.326 e. The molecule has 0 unspecified atom stereocenters. The van der Waals surface area contributed by atoms with Gasteiger partial charge in [-0.3, -0.25) is 0 Å². The van der Waals surface area contributed by atoms with E-state index in [2.05, 4.69) is 43.6 Å². The second-order valence-electron chi connectivity index (χ2n) is 3.49. The summed E-state index contributed by atoms with van der Waals surface area (Å²) in [5.74, 6) is 0.513. The molecule has 1 radical (unpaired) electrons. The van der Waals surface area contributed by atoms with Crippen molar-refractivity contribution in [3.63, 3.8) is 0 Å². The lowest BCUT2D eigenvalue weighted by atomic mass is 10.1. The third-order valence-corrected chi connectivity index (χ3v) is 2.06. The zero-order chi connectivity index (χ0) is 9.14. The normalized spacial score (nSPS) is 11.1. The SMILES string of the molecule is CCCn1[c]nc(C(C)C)c1C. The Kier molecular flexibility index (Phi) is 2.90. The summed E-state index contributed by atoms with van der Waals surface area (Å²) in [6.07, 6.45) is 4.17.